The van der Waals surface area contributed by atoms with Crippen molar-refractivity contribution in [2.45, 2.75) is 18.2 Å². The van der Waals surface area contributed by atoms with Crippen LogP contribution in [-0.4, -0.2) is 53.1 Å². The number of carboxylic acids is 1. The Balaban J connectivity index is 2.31. The van der Waals surface area contributed by atoms with E-state index < -0.39 is 16.9 Å². The van der Waals surface area contributed by atoms with Gasteiger partial charge in [0.1, 0.15) is 10.7 Å². The van der Waals surface area contributed by atoms with Gasteiger partial charge in [-0.2, -0.15) is 0 Å². The average Bonchev–Trinajstić information content (AvgIpc) is 3.07. The lowest BCUT2D eigenvalue weighted by molar-refractivity contribution is -0.140. The summed E-state index contributed by atoms with van der Waals surface area (Å²) >= 11 is 0. The summed E-state index contributed by atoms with van der Waals surface area (Å²) in [5.74, 6) is -1.40. The van der Waals surface area contributed by atoms with Gasteiger partial charge in [-0.25, -0.2) is 9.79 Å². The van der Waals surface area contributed by atoms with Crippen molar-refractivity contribution in [2.75, 3.05) is 20.2 Å². The molecule has 4 N–H and O–H groups in total. The number of nitrogen functional groups attached to an aromatic ring is 1. The number of methoxy groups -OCH3 is 1. The average molecular weight is 378 g/mol. The van der Waals surface area contributed by atoms with Crippen LogP contribution < -0.4 is 5.73 Å². The summed E-state index contributed by atoms with van der Waals surface area (Å²) in [7, 11) is -0.0118. The highest BCUT2D eigenvalue weighted by molar-refractivity contribution is 8.33. The summed E-state index contributed by atoms with van der Waals surface area (Å²) < 4.78 is 4.67. The Morgan fingerprint density at radius 3 is 2.50 bits per heavy atom. The molecule has 0 saturated heterocycles. The molecular weight excluding hydrogens is 356 g/mol. The number of hydrogen-bond donors (Lipinski definition) is 4. The first-order chi connectivity index (χ1) is 12.4. The third-order valence-corrected chi connectivity index (χ3v) is 6.28. The van der Waals surface area contributed by atoms with E-state index in [0.717, 1.165) is 4.90 Å². The normalized spacial score (nSPS) is 17.2. The van der Waals surface area contributed by atoms with E-state index in [2.05, 4.69) is 9.73 Å². The zero-order valence-electron chi connectivity index (χ0n) is 14.6. The molecular formula is C17H22N4O4S. The zero-order valence-corrected chi connectivity index (χ0v) is 15.5. The third-order valence-electron chi connectivity index (χ3n) is 3.88. The van der Waals surface area contributed by atoms with Gasteiger partial charge in [0.05, 0.1) is 13.5 Å². The van der Waals surface area contributed by atoms with Gasteiger partial charge in [-0.1, -0.05) is 12.1 Å². The van der Waals surface area contributed by atoms with Gasteiger partial charge in [0.15, 0.2) is 5.17 Å². The quantitative estimate of drug-likeness (QED) is 0.246. The van der Waals surface area contributed by atoms with Crippen LogP contribution in [0.15, 0.2) is 45.3 Å². The van der Waals surface area contributed by atoms with E-state index in [1.54, 1.807) is 24.3 Å². The Labute approximate surface area is 154 Å². The summed E-state index contributed by atoms with van der Waals surface area (Å²) in [6, 6.07) is 6.93. The van der Waals surface area contributed by atoms with Crippen molar-refractivity contribution in [3.05, 3.63) is 40.9 Å². The highest BCUT2D eigenvalue weighted by Gasteiger charge is 2.31. The number of carboxylic acid groups (broad SMARTS) is 1. The van der Waals surface area contributed by atoms with Crippen LogP contribution >= 0.6 is 10.9 Å². The number of nitrogens with zero attached hydrogens (tertiary/aromatic N) is 2. The second kappa shape index (κ2) is 8.52. The molecule has 0 bridgehead atoms. The first-order valence-corrected chi connectivity index (χ1v) is 9.30. The number of rotatable bonds is 7. The SMILES string of the molecule is CCN(CCC(=O)OC)C1=NC=C(C(=O)O)[SH]1c1ccc(C(=N)N)cc1. The predicted molar refractivity (Wildman–Crippen MR) is 102 cm³/mol. The van der Waals surface area contributed by atoms with Gasteiger partial charge in [-0.05, 0) is 24.0 Å². The molecule has 0 spiro atoms. The number of benzene rings is 1. The third kappa shape index (κ3) is 4.23. The summed E-state index contributed by atoms with van der Waals surface area (Å²) in [4.78, 5) is 30.4. The second-order valence-electron chi connectivity index (χ2n) is 5.45. The second-order valence-corrected chi connectivity index (χ2v) is 7.52. The lowest BCUT2D eigenvalue weighted by Gasteiger charge is -2.30. The van der Waals surface area contributed by atoms with Crippen molar-refractivity contribution < 1.29 is 19.4 Å². The van der Waals surface area contributed by atoms with Gasteiger partial charge in [0.2, 0.25) is 0 Å². The molecule has 2 rings (SSSR count). The zero-order chi connectivity index (χ0) is 19.3. The molecule has 26 heavy (non-hydrogen) atoms. The van der Waals surface area contributed by atoms with Gasteiger partial charge in [-0.15, -0.1) is 10.9 Å². The Hall–Kier alpha value is -2.81. The fraction of sp³-hybridized carbons (Fsp3) is 0.294. The van der Waals surface area contributed by atoms with Gasteiger partial charge in [0.25, 0.3) is 0 Å². The minimum atomic E-state index is -1.34. The molecule has 1 aliphatic heterocycles. The molecule has 1 aliphatic rings. The Bertz CT molecular complexity index is 773. The van der Waals surface area contributed by atoms with Crippen LogP contribution in [0.5, 0.6) is 0 Å². The predicted octanol–water partition coefficient (Wildman–Crippen LogP) is 1.51. The van der Waals surface area contributed by atoms with Gasteiger partial charge >= 0.3 is 11.9 Å². The van der Waals surface area contributed by atoms with E-state index in [9.17, 15) is 14.7 Å². The topological polar surface area (TPSA) is 129 Å². The Morgan fingerprint density at radius 2 is 2.00 bits per heavy atom. The molecule has 1 atom stereocenters. The first-order valence-electron chi connectivity index (χ1n) is 7.96. The number of nitrogens with two attached hydrogens (primary N) is 1. The van der Waals surface area contributed by atoms with Crippen LogP contribution in [0.25, 0.3) is 0 Å². The van der Waals surface area contributed by atoms with Crippen molar-refractivity contribution in [3.8, 4) is 0 Å². The standard InChI is InChI=1S/C17H22N4O4S/c1-3-21(9-8-14(22)25-2)17-20-10-13(16(23)24)26(17)12-6-4-11(5-7-12)15(18)19/h4-7,10,26H,3,8-9H2,1-2H3,(H3,18,19)(H,23,24). The molecule has 1 aromatic carbocycles. The number of aliphatic imine (C=N–C) groups is 1. The van der Waals surface area contributed by atoms with Crippen LogP contribution in [0.1, 0.15) is 18.9 Å². The molecule has 8 nitrogen and oxygen atoms in total. The molecule has 0 radical (unpaired) electrons. The Morgan fingerprint density at radius 1 is 1.35 bits per heavy atom. The van der Waals surface area contributed by atoms with Gasteiger partial charge < -0.3 is 20.5 Å². The number of nitrogens with one attached hydrogen (secondary N) is 1. The largest absolute Gasteiger partial charge is 0.477 e. The van der Waals surface area contributed by atoms with Crippen LogP contribution in [0.3, 0.4) is 0 Å². The highest BCUT2D eigenvalue weighted by atomic mass is 32.2. The minimum Gasteiger partial charge on any atom is -0.477 e. The molecule has 140 valence electrons. The van der Waals surface area contributed by atoms with Crippen LogP contribution in [0.4, 0.5) is 0 Å². The van der Waals surface area contributed by atoms with E-state index in [1.807, 2.05) is 11.8 Å². The number of carbonyl (C=O) groups excluding carboxylic acids is 1. The van der Waals surface area contributed by atoms with E-state index in [-0.39, 0.29) is 23.1 Å². The molecule has 1 heterocycles. The molecule has 1 unspecified atom stereocenters. The maximum Gasteiger partial charge on any atom is 0.342 e. The molecule has 0 fully saturated rings. The lowest BCUT2D eigenvalue weighted by Crippen LogP contribution is -2.32. The summed E-state index contributed by atoms with van der Waals surface area (Å²) in [6.07, 6.45) is 1.57. The van der Waals surface area contributed by atoms with E-state index in [1.165, 1.54) is 13.3 Å². The van der Waals surface area contributed by atoms with Crippen molar-refractivity contribution in [1.29, 1.82) is 5.41 Å². The fourth-order valence-electron chi connectivity index (χ4n) is 2.49. The number of esters is 1. The van der Waals surface area contributed by atoms with Crippen LogP contribution in [-0.2, 0) is 14.3 Å². The number of aliphatic carboxylic acids is 1. The minimum absolute atomic E-state index is 0.0492. The maximum atomic E-state index is 11.7. The number of amidine groups is 2. The van der Waals surface area contributed by atoms with E-state index >= 15 is 0 Å². The van der Waals surface area contributed by atoms with Crippen molar-refractivity contribution >= 4 is 33.8 Å². The molecule has 0 amide bonds. The van der Waals surface area contributed by atoms with Gasteiger partial charge in [-0.3, -0.25) is 10.2 Å². The number of thiol groups is 1. The van der Waals surface area contributed by atoms with E-state index in [4.69, 9.17) is 11.1 Å². The monoisotopic (exact) mass is 378 g/mol. The lowest BCUT2D eigenvalue weighted by atomic mass is 10.2. The van der Waals surface area contributed by atoms with E-state index in [0.29, 0.717) is 23.8 Å². The van der Waals surface area contributed by atoms with Crippen molar-refractivity contribution in [1.82, 2.24) is 4.90 Å². The molecule has 0 aromatic heterocycles. The highest BCUT2D eigenvalue weighted by Crippen LogP contribution is 2.49. The van der Waals surface area contributed by atoms with Crippen LogP contribution in [0, 0.1) is 5.41 Å². The summed E-state index contributed by atoms with van der Waals surface area (Å²) in [5, 5.41) is 17.7. The molecule has 0 aliphatic carbocycles. The summed E-state index contributed by atoms with van der Waals surface area (Å²) in [6.45, 7) is 2.90. The van der Waals surface area contributed by atoms with Gasteiger partial charge in [0, 0.05) is 24.9 Å². The fourth-order valence-corrected chi connectivity index (χ4v) is 4.72. The summed E-state index contributed by atoms with van der Waals surface area (Å²) in [5.41, 5.74) is 6.05. The smallest absolute Gasteiger partial charge is 0.342 e. The molecule has 9 heteroatoms. The Kier molecular flexibility index (Phi) is 6.40. The number of carbonyl (C=O) groups is 2. The molecule has 1 aromatic rings. The number of hydrogen-bond acceptors (Lipinski definition) is 6. The van der Waals surface area contributed by atoms with Crippen molar-refractivity contribution in [2.24, 2.45) is 10.7 Å². The number of ether oxygens (including phenoxy) is 1. The molecule has 0 saturated carbocycles. The first kappa shape index (κ1) is 19.5. The van der Waals surface area contributed by atoms with Crippen molar-refractivity contribution in [3.63, 3.8) is 0 Å². The maximum absolute atomic E-state index is 11.7. The van der Waals surface area contributed by atoms with Crippen LogP contribution in [0.2, 0.25) is 0 Å².